The van der Waals surface area contributed by atoms with E-state index in [2.05, 4.69) is 16.0 Å². The van der Waals surface area contributed by atoms with E-state index in [-0.39, 0.29) is 0 Å². The summed E-state index contributed by atoms with van der Waals surface area (Å²) in [7, 11) is 0. The summed E-state index contributed by atoms with van der Waals surface area (Å²) in [4.78, 5) is 8.73. The number of hydrogen-bond acceptors (Lipinski definition) is 2. The summed E-state index contributed by atoms with van der Waals surface area (Å²) in [6.45, 7) is 2.01. The first-order chi connectivity index (χ1) is 6.31. The normalized spacial score (nSPS) is 10.6. The van der Waals surface area contributed by atoms with Gasteiger partial charge in [0.15, 0.2) is 0 Å². The van der Waals surface area contributed by atoms with E-state index in [4.69, 9.17) is 11.6 Å². The van der Waals surface area contributed by atoms with Crippen molar-refractivity contribution in [3.8, 4) is 10.6 Å². The number of nitrogens with one attached hydrogen (secondary N) is 1. The van der Waals surface area contributed by atoms with E-state index in [9.17, 15) is 0 Å². The van der Waals surface area contributed by atoms with Crippen LogP contribution in [0.25, 0.3) is 10.6 Å². The Morgan fingerprint density at radius 2 is 2.46 bits per heavy atom. The standard InChI is InChI=1S/C9H9ClN2S/c1-6-9(7-3-2-4-13-7)12-8(5-10)11-6/h2-4H,5H2,1H3,(H,11,12). The molecule has 0 unspecified atom stereocenters. The number of aromatic amines is 1. The fraction of sp³-hybridized carbons (Fsp3) is 0.222. The Hall–Kier alpha value is -0.800. The van der Waals surface area contributed by atoms with Crippen molar-refractivity contribution in [3.05, 3.63) is 29.0 Å². The van der Waals surface area contributed by atoms with Crippen molar-refractivity contribution in [2.24, 2.45) is 0 Å². The Morgan fingerprint density at radius 1 is 1.62 bits per heavy atom. The molecule has 13 heavy (non-hydrogen) atoms. The maximum Gasteiger partial charge on any atom is 0.122 e. The molecule has 0 fully saturated rings. The lowest BCUT2D eigenvalue weighted by molar-refractivity contribution is 1.10. The fourth-order valence-electron chi connectivity index (χ4n) is 1.24. The van der Waals surface area contributed by atoms with Gasteiger partial charge in [0, 0.05) is 5.69 Å². The Labute approximate surface area is 85.6 Å². The molecule has 0 amide bonds. The van der Waals surface area contributed by atoms with Crippen LogP contribution in [0.5, 0.6) is 0 Å². The summed E-state index contributed by atoms with van der Waals surface area (Å²) in [5.41, 5.74) is 2.10. The van der Waals surface area contributed by atoms with E-state index in [0.717, 1.165) is 17.2 Å². The van der Waals surface area contributed by atoms with E-state index in [1.165, 1.54) is 4.88 Å². The molecule has 0 aliphatic carbocycles. The first kappa shape index (κ1) is 8.78. The molecule has 0 spiro atoms. The lowest BCUT2D eigenvalue weighted by Gasteiger charge is -1.90. The van der Waals surface area contributed by atoms with E-state index in [1.807, 2.05) is 18.4 Å². The molecule has 68 valence electrons. The van der Waals surface area contributed by atoms with Gasteiger partial charge in [0.25, 0.3) is 0 Å². The van der Waals surface area contributed by atoms with Gasteiger partial charge >= 0.3 is 0 Å². The SMILES string of the molecule is Cc1[nH]c(CCl)nc1-c1cccs1. The van der Waals surface area contributed by atoms with E-state index >= 15 is 0 Å². The monoisotopic (exact) mass is 212 g/mol. The number of halogens is 1. The van der Waals surface area contributed by atoms with Gasteiger partial charge in [0.1, 0.15) is 11.5 Å². The van der Waals surface area contributed by atoms with Crippen molar-refractivity contribution < 1.29 is 0 Å². The van der Waals surface area contributed by atoms with Crippen LogP contribution in [0.3, 0.4) is 0 Å². The molecule has 0 aliphatic rings. The third kappa shape index (κ3) is 1.62. The summed E-state index contributed by atoms with van der Waals surface area (Å²) < 4.78 is 0. The largest absolute Gasteiger partial charge is 0.345 e. The highest BCUT2D eigenvalue weighted by molar-refractivity contribution is 7.13. The summed E-state index contributed by atoms with van der Waals surface area (Å²) in [6.07, 6.45) is 0. The van der Waals surface area contributed by atoms with Crippen LogP contribution < -0.4 is 0 Å². The number of alkyl halides is 1. The fourth-order valence-corrected chi connectivity index (χ4v) is 2.14. The second-order valence-electron chi connectivity index (χ2n) is 2.77. The summed E-state index contributed by atoms with van der Waals surface area (Å²) >= 11 is 7.37. The van der Waals surface area contributed by atoms with E-state index in [0.29, 0.717) is 5.88 Å². The lowest BCUT2D eigenvalue weighted by Crippen LogP contribution is -1.78. The lowest BCUT2D eigenvalue weighted by atomic mass is 10.3. The van der Waals surface area contributed by atoms with Gasteiger partial charge < -0.3 is 4.98 Å². The van der Waals surface area contributed by atoms with Crippen molar-refractivity contribution in [3.63, 3.8) is 0 Å². The van der Waals surface area contributed by atoms with Gasteiger partial charge in [0.2, 0.25) is 0 Å². The molecule has 0 aromatic carbocycles. The van der Waals surface area contributed by atoms with Crippen molar-refractivity contribution in [2.45, 2.75) is 12.8 Å². The van der Waals surface area contributed by atoms with Crippen LogP contribution in [0, 0.1) is 6.92 Å². The Bertz CT molecular complexity index is 392. The number of imidazole rings is 1. The van der Waals surface area contributed by atoms with E-state index in [1.54, 1.807) is 11.3 Å². The minimum Gasteiger partial charge on any atom is -0.345 e. The molecule has 0 bridgehead atoms. The van der Waals surface area contributed by atoms with Crippen LogP contribution in [0.15, 0.2) is 17.5 Å². The summed E-state index contributed by atoms with van der Waals surface area (Å²) in [6, 6.07) is 4.08. The summed E-state index contributed by atoms with van der Waals surface area (Å²) in [5, 5.41) is 2.05. The van der Waals surface area contributed by atoms with Gasteiger partial charge in [-0.05, 0) is 18.4 Å². The van der Waals surface area contributed by atoms with E-state index < -0.39 is 0 Å². The molecule has 0 radical (unpaired) electrons. The van der Waals surface area contributed by atoms with Crippen molar-refractivity contribution >= 4 is 22.9 Å². The zero-order valence-corrected chi connectivity index (χ0v) is 8.75. The molecular formula is C9H9ClN2S. The van der Waals surface area contributed by atoms with Crippen molar-refractivity contribution in [1.29, 1.82) is 0 Å². The maximum atomic E-state index is 5.68. The van der Waals surface area contributed by atoms with Crippen molar-refractivity contribution in [1.82, 2.24) is 9.97 Å². The highest BCUT2D eigenvalue weighted by Crippen LogP contribution is 2.25. The highest BCUT2D eigenvalue weighted by Gasteiger charge is 2.08. The predicted octanol–water partition coefficient (Wildman–Crippen LogP) is 3.19. The Kier molecular flexibility index (Phi) is 2.38. The van der Waals surface area contributed by atoms with Crippen LogP contribution in [0.2, 0.25) is 0 Å². The smallest absolute Gasteiger partial charge is 0.122 e. The molecule has 2 rings (SSSR count). The van der Waals surface area contributed by atoms with Crippen LogP contribution in [-0.2, 0) is 5.88 Å². The average Bonchev–Trinajstić information content (AvgIpc) is 2.72. The molecule has 2 nitrogen and oxygen atoms in total. The number of thiophene rings is 1. The number of hydrogen-bond donors (Lipinski definition) is 1. The number of aromatic nitrogens is 2. The third-order valence-electron chi connectivity index (χ3n) is 1.81. The zero-order chi connectivity index (χ0) is 9.26. The molecule has 1 N–H and O–H groups in total. The Morgan fingerprint density at radius 3 is 3.00 bits per heavy atom. The second-order valence-corrected chi connectivity index (χ2v) is 3.98. The van der Waals surface area contributed by atoms with Crippen LogP contribution in [0.1, 0.15) is 11.5 Å². The van der Waals surface area contributed by atoms with Gasteiger partial charge in [-0.3, -0.25) is 0 Å². The highest BCUT2D eigenvalue weighted by atomic mass is 35.5. The van der Waals surface area contributed by atoms with Gasteiger partial charge in [0.05, 0.1) is 10.8 Å². The number of aryl methyl sites for hydroxylation is 1. The number of rotatable bonds is 2. The molecular weight excluding hydrogens is 204 g/mol. The average molecular weight is 213 g/mol. The summed E-state index contributed by atoms with van der Waals surface area (Å²) in [5.74, 6) is 1.27. The quantitative estimate of drug-likeness (QED) is 0.762. The first-order valence-electron chi connectivity index (χ1n) is 3.96. The molecule has 4 heteroatoms. The molecule has 0 aliphatic heterocycles. The maximum absolute atomic E-state index is 5.68. The van der Waals surface area contributed by atoms with Gasteiger partial charge in [-0.1, -0.05) is 6.07 Å². The van der Waals surface area contributed by atoms with Gasteiger partial charge in [-0.2, -0.15) is 0 Å². The minimum absolute atomic E-state index is 0.437. The number of H-pyrrole nitrogens is 1. The van der Waals surface area contributed by atoms with Crippen LogP contribution >= 0.6 is 22.9 Å². The van der Waals surface area contributed by atoms with Crippen molar-refractivity contribution in [2.75, 3.05) is 0 Å². The van der Waals surface area contributed by atoms with Gasteiger partial charge in [-0.15, -0.1) is 22.9 Å². The zero-order valence-electron chi connectivity index (χ0n) is 7.17. The van der Waals surface area contributed by atoms with Crippen LogP contribution in [-0.4, -0.2) is 9.97 Å². The molecule has 2 heterocycles. The topological polar surface area (TPSA) is 28.7 Å². The van der Waals surface area contributed by atoms with Gasteiger partial charge in [-0.25, -0.2) is 4.98 Å². The molecule has 0 saturated carbocycles. The third-order valence-corrected chi connectivity index (χ3v) is 2.94. The minimum atomic E-state index is 0.437. The molecule has 2 aromatic rings. The molecule has 0 atom stereocenters. The first-order valence-corrected chi connectivity index (χ1v) is 5.38. The number of nitrogens with zero attached hydrogens (tertiary/aromatic N) is 1. The Balaban J connectivity index is 2.46. The molecule has 2 aromatic heterocycles. The predicted molar refractivity (Wildman–Crippen MR) is 56.2 cm³/mol. The second kappa shape index (κ2) is 3.52. The molecule has 0 saturated heterocycles. The van der Waals surface area contributed by atoms with Crippen LogP contribution in [0.4, 0.5) is 0 Å².